The van der Waals surface area contributed by atoms with Gasteiger partial charge in [0.1, 0.15) is 0 Å². The van der Waals surface area contributed by atoms with E-state index >= 15 is 0 Å². The van der Waals surface area contributed by atoms with Crippen LogP contribution in [-0.2, 0) is 9.53 Å². The molecule has 0 radical (unpaired) electrons. The Morgan fingerprint density at radius 2 is 2.29 bits per heavy atom. The van der Waals surface area contributed by atoms with Crippen molar-refractivity contribution in [1.29, 1.82) is 0 Å². The Kier molecular flexibility index (Phi) is 3.89. The summed E-state index contributed by atoms with van der Waals surface area (Å²) in [6, 6.07) is 0.481. The summed E-state index contributed by atoms with van der Waals surface area (Å²) < 4.78 is 5.23. The predicted molar refractivity (Wildman–Crippen MR) is 54.9 cm³/mol. The quantitative estimate of drug-likeness (QED) is 0.585. The van der Waals surface area contributed by atoms with Gasteiger partial charge in [-0.1, -0.05) is 0 Å². The van der Waals surface area contributed by atoms with Crippen molar-refractivity contribution in [2.45, 2.75) is 44.7 Å². The standard InChI is InChI=1S/C10H20N2O2/c1-3-14-7-6-10(2,9(11)13)12-8-4-5-8/h8,12H,3-7H2,1-2H3,(H2,11,13). The molecule has 0 aliphatic heterocycles. The monoisotopic (exact) mass is 200 g/mol. The molecule has 1 saturated carbocycles. The first-order valence-electron chi connectivity index (χ1n) is 5.24. The minimum absolute atomic E-state index is 0.288. The summed E-state index contributed by atoms with van der Waals surface area (Å²) in [6.45, 7) is 5.05. The fraction of sp³-hybridized carbons (Fsp3) is 0.900. The second-order valence-corrected chi connectivity index (χ2v) is 4.06. The fourth-order valence-corrected chi connectivity index (χ4v) is 1.37. The number of amides is 1. The number of rotatable bonds is 7. The molecule has 3 N–H and O–H groups in total. The van der Waals surface area contributed by atoms with Crippen LogP contribution >= 0.6 is 0 Å². The van der Waals surface area contributed by atoms with E-state index in [4.69, 9.17) is 10.5 Å². The van der Waals surface area contributed by atoms with Gasteiger partial charge in [-0.2, -0.15) is 0 Å². The van der Waals surface area contributed by atoms with Gasteiger partial charge in [-0.15, -0.1) is 0 Å². The van der Waals surface area contributed by atoms with Crippen LogP contribution in [0.2, 0.25) is 0 Å². The van der Waals surface area contributed by atoms with Crippen LogP contribution in [0, 0.1) is 0 Å². The predicted octanol–water partition coefficient (Wildman–Crippen LogP) is 0.409. The van der Waals surface area contributed by atoms with E-state index in [2.05, 4.69) is 5.32 Å². The molecule has 14 heavy (non-hydrogen) atoms. The SMILES string of the molecule is CCOCCC(C)(NC1CC1)C(N)=O. The van der Waals surface area contributed by atoms with E-state index in [0.717, 1.165) is 12.8 Å². The van der Waals surface area contributed by atoms with Crippen molar-refractivity contribution in [1.82, 2.24) is 5.32 Å². The zero-order chi connectivity index (χ0) is 10.6. The van der Waals surface area contributed by atoms with E-state index in [1.54, 1.807) is 0 Å². The van der Waals surface area contributed by atoms with Crippen LogP contribution in [0.4, 0.5) is 0 Å². The summed E-state index contributed by atoms with van der Waals surface area (Å²) >= 11 is 0. The Balaban J connectivity index is 2.38. The molecule has 0 saturated heterocycles. The zero-order valence-corrected chi connectivity index (χ0v) is 9.01. The number of hydrogen-bond donors (Lipinski definition) is 2. The average molecular weight is 200 g/mol. The second-order valence-electron chi connectivity index (χ2n) is 4.06. The molecule has 1 unspecified atom stereocenters. The van der Waals surface area contributed by atoms with E-state index in [1.165, 1.54) is 0 Å². The van der Waals surface area contributed by atoms with Crippen LogP contribution in [0.5, 0.6) is 0 Å². The molecule has 0 bridgehead atoms. The van der Waals surface area contributed by atoms with Crippen LogP contribution in [0.15, 0.2) is 0 Å². The Morgan fingerprint density at radius 3 is 2.71 bits per heavy atom. The summed E-state index contributed by atoms with van der Waals surface area (Å²) in [7, 11) is 0. The molecule has 1 fully saturated rings. The Bertz CT molecular complexity index is 204. The highest BCUT2D eigenvalue weighted by Gasteiger charge is 2.36. The van der Waals surface area contributed by atoms with E-state index < -0.39 is 5.54 Å². The van der Waals surface area contributed by atoms with Crippen molar-refractivity contribution >= 4 is 5.91 Å². The number of ether oxygens (including phenoxy) is 1. The van der Waals surface area contributed by atoms with Gasteiger partial charge in [0.25, 0.3) is 0 Å². The lowest BCUT2D eigenvalue weighted by molar-refractivity contribution is -0.124. The van der Waals surface area contributed by atoms with Crippen LogP contribution < -0.4 is 11.1 Å². The van der Waals surface area contributed by atoms with Gasteiger partial charge in [0, 0.05) is 19.3 Å². The molecule has 1 amide bonds. The van der Waals surface area contributed by atoms with Gasteiger partial charge in [0.15, 0.2) is 0 Å². The topological polar surface area (TPSA) is 64.3 Å². The molecule has 1 aliphatic carbocycles. The van der Waals surface area contributed by atoms with Gasteiger partial charge in [-0.05, 0) is 33.1 Å². The maximum atomic E-state index is 11.3. The number of nitrogens with one attached hydrogen (secondary N) is 1. The van der Waals surface area contributed by atoms with Crippen LogP contribution in [0.1, 0.15) is 33.1 Å². The van der Waals surface area contributed by atoms with Gasteiger partial charge in [-0.3, -0.25) is 4.79 Å². The lowest BCUT2D eigenvalue weighted by Crippen LogP contribution is -2.54. The van der Waals surface area contributed by atoms with Gasteiger partial charge in [0.05, 0.1) is 5.54 Å². The third-order valence-corrected chi connectivity index (χ3v) is 2.59. The van der Waals surface area contributed by atoms with Crippen molar-refractivity contribution in [2.75, 3.05) is 13.2 Å². The van der Waals surface area contributed by atoms with E-state index in [0.29, 0.717) is 25.7 Å². The molecular formula is C10H20N2O2. The van der Waals surface area contributed by atoms with Crippen molar-refractivity contribution in [3.05, 3.63) is 0 Å². The first-order chi connectivity index (χ1) is 6.58. The summed E-state index contributed by atoms with van der Waals surface area (Å²) in [6.07, 6.45) is 2.95. The lowest BCUT2D eigenvalue weighted by atomic mass is 9.97. The number of primary amides is 1. The van der Waals surface area contributed by atoms with Crippen LogP contribution in [0.3, 0.4) is 0 Å². The molecule has 1 rings (SSSR count). The Labute approximate surface area is 85.2 Å². The summed E-state index contributed by atoms with van der Waals surface area (Å²) in [4.78, 5) is 11.3. The van der Waals surface area contributed by atoms with Gasteiger partial charge < -0.3 is 15.8 Å². The highest BCUT2D eigenvalue weighted by Crippen LogP contribution is 2.23. The molecule has 82 valence electrons. The largest absolute Gasteiger partial charge is 0.382 e. The number of carbonyl (C=O) groups excluding carboxylic acids is 1. The van der Waals surface area contributed by atoms with E-state index in [1.807, 2.05) is 13.8 Å². The third-order valence-electron chi connectivity index (χ3n) is 2.59. The zero-order valence-electron chi connectivity index (χ0n) is 9.01. The third kappa shape index (κ3) is 3.27. The minimum atomic E-state index is -0.601. The van der Waals surface area contributed by atoms with Gasteiger partial charge in [-0.25, -0.2) is 0 Å². The molecule has 0 spiro atoms. The fourth-order valence-electron chi connectivity index (χ4n) is 1.37. The maximum Gasteiger partial charge on any atom is 0.237 e. The van der Waals surface area contributed by atoms with Crippen LogP contribution in [0.25, 0.3) is 0 Å². The van der Waals surface area contributed by atoms with E-state index in [9.17, 15) is 4.79 Å². The number of nitrogens with two attached hydrogens (primary N) is 1. The van der Waals surface area contributed by atoms with E-state index in [-0.39, 0.29) is 5.91 Å². The average Bonchev–Trinajstić information content (AvgIpc) is 2.88. The van der Waals surface area contributed by atoms with Gasteiger partial charge in [0.2, 0.25) is 5.91 Å². The number of hydrogen-bond acceptors (Lipinski definition) is 3. The molecule has 0 aromatic rings. The lowest BCUT2D eigenvalue weighted by Gasteiger charge is -2.27. The maximum absolute atomic E-state index is 11.3. The molecular weight excluding hydrogens is 180 g/mol. The minimum Gasteiger partial charge on any atom is -0.382 e. The summed E-state index contributed by atoms with van der Waals surface area (Å²) in [5, 5.41) is 3.27. The van der Waals surface area contributed by atoms with Crippen molar-refractivity contribution in [3.8, 4) is 0 Å². The number of carbonyl (C=O) groups is 1. The molecule has 4 nitrogen and oxygen atoms in total. The summed E-state index contributed by atoms with van der Waals surface area (Å²) in [5.74, 6) is -0.288. The van der Waals surface area contributed by atoms with Crippen LogP contribution in [-0.4, -0.2) is 30.7 Å². The summed E-state index contributed by atoms with van der Waals surface area (Å²) in [5.41, 5.74) is 4.77. The molecule has 0 heterocycles. The Hall–Kier alpha value is -0.610. The van der Waals surface area contributed by atoms with Crippen molar-refractivity contribution in [3.63, 3.8) is 0 Å². The second kappa shape index (κ2) is 4.75. The van der Waals surface area contributed by atoms with Crippen molar-refractivity contribution in [2.24, 2.45) is 5.73 Å². The molecule has 1 atom stereocenters. The van der Waals surface area contributed by atoms with Gasteiger partial charge >= 0.3 is 0 Å². The molecule has 0 aromatic carbocycles. The highest BCUT2D eigenvalue weighted by molar-refractivity contribution is 5.84. The van der Waals surface area contributed by atoms with Crippen molar-refractivity contribution < 1.29 is 9.53 Å². The molecule has 1 aliphatic rings. The highest BCUT2D eigenvalue weighted by atomic mass is 16.5. The smallest absolute Gasteiger partial charge is 0.237 e. The normalized spacial score (nSPS) is 20.4. The molecule has 4 heteroatoms. The Morgan fingerprint density at radius 1 is 1.64 bits per heavy atom. The first-order valence-corrected chi connectivity index (χ1v) is 5.24. The first kappa shape index (κ1) is 11.5. The molecule has 0 aromatic heterocycles.